The van der Waals surface area contributed by atoms with Gasteiger partial charge in [-0.15, -0.1) is 0 Å². The molecule has 2 unspecified atom stereocenters. The van der Waals surface area contributed by atoms with E-state index in [9.17, 15) is 9.59 Å². The van der Waals surface area contributed by atoms with Gasteiger partial charge in [0.25, 0.3) is 0 Å². The average Bonchev–Trinajstić information content (AvgIpc) is 2.60. The number of aryl methyl sites for hydroxylation is 3. The van der Waals surface area contributed by atoms with E-state index in [0.29, 0.717) is 18.6 Å². The normalized spacial score (nSPS) is 11.3. The third-order valence-electron chi connectivity index (χ3n) is 3.88. The molecule has 0 fully saturated rings. The van der Waals surface area contributed by atoms with Crippen molar-refractivity contribution in [3.8, 4) is 0 Å². The van der Waals surface area contributed by atoms with Gasteiger partial charge >= 0.3 is 15.1 Å². The molecule has 0 heterocycles. The van der Waals surface area contributed by atoms with Gasteiger partial charge in [0.05, 0.1) is 6.61 Å². The third kappa shape index (κ3) is 7.73. The smallest absolute Gasteiger partial charge is 0.353 e. The molecule has 1 rings (SSSR count). The van der Waals surface area contributed by atoms with Crippen LogP contribution in [0.3, 0.4) is 0 Å². The summed E-state index contributed by atoms with van der Waals surface area (Å²) >= 11 is 0. The second-order valence-corrected chi connectivity index (χ2v) is 6.05. The molecule has 0 saturated carbocycles. The number of hydrogen-bond acceptors (Lipinski definition) is 6. The van der Waals surface area contributed by atoms with Crippen LogP contribution in [0, 0.1) is 26.7 Å². The van der Waals surface area contributed by atoms with Gasteiger partial charge in [0.2, 0.25) is 0 Å². The molecule has 1 aromatic carbocycles. The zero-order valence-electron chi connectivity index (χ0n) is 16.3. The van der Waals surface area contributed by atoms with Crippen LogP contribution in [-0.4, -0.2) is 32.1 Å². The fraction of sp³-hybridized carbons (Fsp3) is 0.579. The fourth-order valence-corrected chi connectivity index (χ4v) is 2.78. The zero-order chi connectivity index (χ0) is 20.1. The molecule has 0 radical (unpaired) electrons. The van der Waals surface area contributed by atoms with Crippen molar-refractivity contribution in [2.45, 2.75) is 47.0 Å². The molecular formula is C19H30O6P+. The summed E-state index contributed by atoms with van der Waals surface area (Å²) < 4.78 is 13.0. The lowest BCUT2D eigenvalue weighted by molar-refractivity contribution is -0.278. The summed E-state index contributed by atoms with van der Waals surface area (Å²) in [6.45, 7) is 8.25. The van der Waals surface area contributed by atoms with Crippen LogP contribution in [0.25, 0.3) is 0 Å². The summed E-state index contributed by atoms with van der Waals surface area (Å²) in [5, 5.41) is 0. The van der Waals surface area contributed by atoms with Crippen molar-refractivity contribution in [3.63, 3.8) is 0 Å². The topological polar surface area (TPSA) is 78.9 Å². The molecule has 0 saturated heterocycles. The van der Waals surface area contributed by atoms with Crippen LogP contribution < -0.4 is 0 Å². The predicted octanol–water partition coefficient (Wildman–Crippen LogP) is 3.93. The van der Waals surface area contributed by atoms with E-state index >= 15 is 0 Å². The summed E-state index contributed by atoms with van der Waals surface area (Å²) in [5.74, 6) is -1.67. The quantitative estimate of drug-likeness (QED) is 0.152. The van der Waals surface area contributed by atoms with Crippen molar-refractivity contribution in [3.05, 3.63) is 34.4 Å². The molecule has 26 heavy (non-hydrogen) atoms. The van der Waals surface area contributed by atoms with Crippen LogP contribution in [0.4, 0.5) is 0 Å². The van der Waals surface area contributed by atoms with Gasteiger partial charge in [0.15, 0.2) is 5.78 Å². The van der Waals surface area contributed by atoms with Crippen molar-refractivity contribution in [2.24, 2.45) is 5.92 Å². The number of carbonyl (C=O) groups excluding carboxylic acids is 2. The summed E-state index contributed by atoms with van der Waals surface area (Å²) in [6.07, 6.45) is 2.12. The highest BCUT2D eigenvalue weighted by atomic mass is 31.0. The SMILES string of the molecule is CCCCC(C(=O)OOCCOC)C(=O)c1c(C)cc(C)cc1C.O=[PH2+]. The summed E-state index contributed by atoms with van der Waals surface area (Å²) in [5.41, 5.74) is 3.46. The Morgan fingerprint density at radius 3 is 2.15 bits per heavy atom. The highest BCUT2D eigenvalue weighted by molar-refractivity contribution is 7.00. The number of hydrogen-bond donors (Lipinski definition) is 0. The Morgan fingerprint density at radius 2 is 1.65 bits per heavy atom. The molecule has 0 aromatic heterocycles. The molecule has 2 atom stereocenters. The Balaban J connectivity index is 0.00000301. The van der Waals surface area contributed by atoms with Crippen LogP contribution in [0.15, 0.2) is 12.1 Å². The lowest BCUT2D eigenvalue weighted by Crippen LogP contribution is -2.28. The van der Waals surface area contributed by atoms with Crippen LogP contribution in [0.1, 0.15) is 53.2 Å². The van der Waals surface area contributed by atoms with Crippen LogP contribution in [0.5, 0.6) is 0 Å². The van der Waals surface area contributed by atoms with Crippen LogP contribution in [0.2, 0.25) is 0 Å². The molecule has 0 bridgehead atoms. The second-order valence-electron chi connectivity index (χ2n) is 6.05. The number of unbranched alkanes of at least 4 members (excludes halogenated alkanes) is 1. The van der Waals surface area contributed by atoms with E-state index in [1.54, 1.807) is 0 Å². The molecule has 0 aliphatic rings. The molecule has 7 heteroatoms. The minimum Gasteiger partial charge on any atom is -0.382 e. The van der Waals surface area contributed by atoms with Gasteiger partial charge < -0.3 is 4.74 Å². The lowest BCUT2D eigenvalue weighted by atomic mass is 9.87. The summed E-state index contributed by atoms with van der Waals surface area (Å²) in [7, 11) is 2.70. The Hall–Kier alpha value is -1.62. The Morgan fingerprint density at radius 1 is 1.08 bits per heavy atom. The first-order valence-corrected chi connectivity index (χ1v) is 9.07. The molecule has 0 amide bonds. The first kappa shape index (κ1) is 24.4. The summed E-state index contributed by atoms with van der Waals surface area (Å²) in [6, 6.07) is 3.91. The van der Waals surface area contributed by atoms with Crippen LogP contribution >= 0.6 is 9.12 Å². The van der Waals surface area contributed by atoms with Crippen LogP contribution in [-0.2, 0) is 23.9 Å². The number of methoxy groups -OCH3 is 1. The van der Waals surface area contributed by atoms with Gasteiger partial charge in [0, 0.05) is 12.7 Å². The number of rotatable bonds is 10. The standard InChI is InChI=1S/C19H28O5.H2OP/c1-6-7-8-16(19(21)24-23-10-9-22-5)18(20)17-14(3)11-13(2)12-15(17)4;1-2/h11-12,16H,6-10H2,1-5H3;2H2/q;+1. The Bertz CT molecular complexity index is 564. The molecule has 0 aliphatic heterocycles. The molecule has 6 nitrogen and oxygen atoms in total. The minimum atomic E-state index is -0.840. The number of ether oxygens (including phenoxy) is 1. The van der Waals surface area contributed by atoms with E-state index < -0.39 is 11.9 Å². The van der Waals surface area contributed by atoms with E-state index in [2.05, 4.69) is 0 Å². The van der Waals surface area contributed by atoms with Gasteiger partial charge in [-0.05, 0) is 38.3 Å². The monoisotopic (exact) mass is 385 g/mol. The molecule has 0 N–H and O–H groups in total. The highest BCUT2D eigenvalue weighted by Crippen LogP contribution is 2.24. The first-order valence-electron chi connectivity index (χ1n) is 8.60. The Kier molecular flexibility index (Phi) is 12.7. The van der Waals surface area contributed by atoms with Gasteiger partial charge in [-0.2, -0.15) is 4.89 Å². The number of ketones is 1. The maximum Gasteiger partial charge on any atom is 0.353 e. The van der Waals surface area contributed by atoms with Gasteiger partial charge in [-0.25, -0.2) is 4.79 Å². The van der Waals surface area contributed by atoms with Crippen molar-refractivity contribution in [1.82, 2.24) is 0 Å². The third-order valence-corrected chi connectivity index (χ3v) is 3.88. The second kappa shape index (κ2) is 13.6. The maximum absolute atomic E-state index is 13.0. The summed E-state index contributed by atoms with van der Waals surface area (Å²) in [4.78, 5) is 34.9. The molecule has 0 spiro atoms. The number of benzene rings is 1. The average molecular weight is 385 g/mol. The molecule has 0 aliphatic carbocycles. The molecule has 1 aromatic rings. The number of carbonyl (C=O) groups is 2. The highest BCUT2D eigenvalue weighted by Gasteiger charge is 2.31. The van der Waals surface area contributed by atoms with E-state index in [4.69, 9.17) is 19.1 Å². The molecule has 146 valence electrons. The fourth-order valence-electron chi connectivity index (χ4n) is 2.78. The largest absolute Gasteiger partial charge is 0.382 e. The molecular weight excluding hydrogens is 355 g/mol. The van der Waals surface area contributed by atoms with E-state index in [1.807, 2.05) is 39.8 Å². The lowest BCUT2D eigenvalue weighted by Gasteiger charge is -2.17. The zero-order valence-corrected chi connectivity index (χ0v) is 17.4. The van der Waals surface area contributed by atoms with Gasteiger partial charge in [0.1, 0.15) is 12.5 Å². The van der Waals surface area contributed by atoms with Crippen molar-refractivity contribution < 1.29 is 28.7 Å². The van der Waals surface area contributed by atoms with Gasteiger partial charge in [-0.1, -0.05) is 42.0 Å². The maximum atomic E-state index is 13.0. The number of Topliss-reactive ketones (excluding diaryl/α,β-unsaturated/α-hetero) is 1. The minimum absolute atomic E-state index is 0.138. The van der Waals surface area contributed by atoms with Crippen molar-refractivity contribution in [1.29, 1.82) is 0 Å². The van der Waals surface area contributed by atoms with E-state index in [1.165, 1.54) is 16.2 Å². The Labute approximate surface area is 157 Å². The van der Waals surface area contributed by atoms with E-state index in [-0.39, 0.29) is 12.4 Å². The predicted molar refractivity (Wildman–Crippen MR) is 102 cm³/mol. The van der Waals surface area contributed by atoms with E-state index in [0.717, 1.165) is 29.5 Å². The first-order chi connectivity index (χ1) is 12.4. The van der Waals surface area contributed by atoms with Crippen molar-refractivity contribution in [2.75, 3.05) is 20.3 Å². The van der Waals surface area contributed by atoms with Crippen molar-refractivity contribution >= 4 is 20.9 Å². The van der Waals surface area contributed by atoms with Gasteiger partial charge in [-0.3, -0.25) is 9.68 Å².